The van der Waals surface area contributed by atoms with Gasteiger partial charge >= 0.3 is 0 Å². The van der Waals surface area contributed by atoms with E-state index in [0.29, 0.717) is 11.4 Å². The van der Waals surface area contributed by atoms with Crippen molar-refractivity contribution in [3.05, 3.63) is 131 Å². The monoisotopic (exact) mass is 446 g/mol. The van der Waals surface area contributed by atoms with E-state index in [1.165, 1.54) is 0 Å². The van der Waals surface area contributed by atoms with Crippen LogP contribution in [-0.2, 0) is 10.2 Å². The van der Waals surface area contributed by atoms with Crippen molar-refractivity contribution in [3.63, 3.8) is 0 Å². The molecule has 5 nitrogen and oxygen atoms in total. The van der Waals surface area contributed by atoms with Crippen LogP contribution < -0.4 is 10.2 Å². The molecule has 0 saturated carbocycles. The van der Waals surface area contributed by atoms with Crippen LogP contribution in [0, 0.1) is 0 Å². The number of hydrogen-bond acceptors (Lipinski definition) is 3. The zero-order valence-corrected chi connectivity index (χ0v) is 18.6. The highest BCUT2D eigenvalue weighted by Gasteiger charge is 2.41. The third kappa shape index (κ3) is 3.39. The number of carbonyl (C=O) groups is 3. The van der Waals surface area contributed by atoms with Crippen LogP contribution in [0.25, 0.3) is 0 Å². The smallest absolute Gasteiger partial charge is 0.268 e. The van der Waals surface area contributed by atoms with Gasteiger partial charge in [0.25, 0.3) is 11.8 Å². The van der Waals surface area contributed by atoms with Crippen molar-refractivity contribution in [3.8, 4) is 0 Å². The summed E-state index contributed by atoms with van der Waals surface area (Å²) in [5.74, 6) is -1.16. The van der Waals surface area contributed by atoms with Crippen LogP contribution in [0.2, 0.25) is 0 Å². The second-order valence-electron chi connectivity index (χ2n) is 8.32. The minimum absolute atomic E-state index is 0.202. The van der Waals surface area contributed by atoms with Crippen molar-refractivity contribution in [2.45, 2.75) is 12.3 Å². The first-order valence-electron chi connectivity index (χ1n) is 11.0. The van der Waals surface area contributed by atoms with E-state index in [-0.39, 0.29) is 17.0 Å². The molecule has 0 aliphatic carbocycles. The molecule has 1 aliphatic rings. The van der Waals surface area contributed by atoms with E-state index >= 15 is 0 Å². The number of nitrogens with one attached hydrogen (secondary N) is 1. The van der Waals surface area contributed by atoms with E-state index in [0.717, 1.165) is 16.0 Å². The van der Waals surface area contributed by atoms with E-state index in [9.17, 15) is 14.4 Å². The summed E-state index contributed by atoms with van der Waals surface area (Å²) >= 11 is 0. The number of carbonyl (C=O) groups excluding carboxylic acids is 3. The number of nitrogens with zero attached hydrogens (tertiary/aromatic N) is 1. The number of para-hydroxylation sites is 1. The molecule has 1 N–H and O–H groups in total. The summed E-state index contributed by atoms with van der Waals surface area (Å²) < 4.78 is 0. The molecule has 1 aliphatic heterocycles. The van der Waals surface area contributed by atoms with Gasteiger partial charge in [-0.15, -0.1) is 0 Å². The number of rotatable bonds is 5. The van der Waals surface area contributed by atoms with Crippen LogP contribution in [0.5, 0.6) is 0 Å². The normalized spacial score (nSPS) is 13.0. The van der Waals surface area contributed by atoms with Gasteiger partial charge in [-0.1, -0.05) is 84.9 Å². The molecule has 0 radical (unpaired) electrons. The summed E-state index contributed by atoms with van der Waals surface area (Å²) in [6.45, 7) is 1.86. The molecule has 0 spiro atoms. The Morgan fingerprint density at radius 1 is 0.676 bits per heavy atom. The molecule has 34 heavy (non-hydrogen) atoms. The van der Waals surface area contributed by atoms with E-state index in [4.69, 9.17) is 0 Å². The molecule has 4 aromatic rings. The van der Waals surface area contributed by atoms with Crippen LogP contribution in [0.4, 0.5) is 11.4 Å². The molecule has 0 unspecified atom stereocenters. The Balaban J connectivity index is 1.56. The van der Waals surface area contributed by atoms with Gasteiger partial charge in [-0.3, -0.25) is 14.4 Å². The SMILES string of the molecule is CC(C(=O)Nc1cccc2c1C(=O)N(c1ccccc1)C2=O)(c1ccccc1)c1ccccc1. The molecule has 0 aromatic heterocycles. The zero-order valence-electron chi connectivity index (χ0n) is 18.6. The largest absolute Gasteiger partial charge is 0.324 e. The number of hydrogen-bond donors (Lipinski definition) is 1. The molecular weight excluding hydrogens is 424 g/mol. The lowest BCUT2D eigenvalue weighted by Crippen LogP contribution is -2.39. The third-order valence-electron chi connectivity index (χ3n) is 6.33. The highest BCUT2D eigenvalue weighted by Crippen LogP contribution is 2.36. The Kier molecular flexibility index (Phi) is 5.30. The van der Waals surface area contributed by atoms with Crippen molar-refractivity contribution in [1.82, 2.24) is 0 Å². The molecular formula is C29H22N2O3. The average molecular weight is 447 g/mol. The Hall–Kier alpha value is -4.51. The first-order valence-corrected chi connectivity index (χ1v) is 11.0. The molecule has 166 valence electrons. The van der Waals surface area contributed by atoms with Crippen molar-refractivity contribution >= 4 is 29.1 Å². The van der Waals surface area contributed by atoms with Crippen molar-refractivity contribution in [2.24, 2.45) is 0 Å². The summed E-state index contributed by atoms with van der Waals surface area (Å²) in [6.07, 6.45) is 0. The van der Waals surface area contributed by atoms with Gasteiger partial charge < -0.3 is 5.32 Å². The lowest BCUT2D eigenvalue weighted by atomic mass is 9.75. The number of amides is 3. The quantitative estimate of drug-likeness (QED) is 0.416. The lowest BCUT2D eigenvalue weighted by molar-refractivity contribution is -0.119. The molecule has 0 atom stereocenters. The van der Waals surface area contributed by atoms with Gasteiger partial charge in [0.15, 0.2) is 0 Å². The second kappa shape index (κ2) is 8.45. The van der Waals surface area contributed by atoms with E-state index in [1.807, 2.05) is 73.7 Å². The molecule has 5 rings (SSSR count). The predicted octanol–water partition coefficient (Wildman–Crippen LogP) is 5.43. The van der Waals surface area contributed by atoms with Crippen molar-refractivity contribution < 1.29 is 14.4 Å². The summed E-state index contributed by atoms with van der Waals surface area (Å²) in [4.78, 5) is 41.4. The van der Waals surface area contributed by atoms with Crippen LogP contribution in [0.1, 0.15) is 38.8 Å². The van der Waals surface area contributed by atoms with Crippen LogP contribution in [-0.4, -0.2) is 17.7 Å². The van der Waals surface area contributed by atoms with Gasteiger partial charge in [0, 0.05) is 0 Å². The van der Waals surface area contributed by atoms with Crippen molar-refractivity contribution in [2.75, 3.05) is 10.2 Å². The summed E-state index contributed by atoms with van der Waals surface area (Å²) in [6, 6.07) is 32.7. The molecule has 3 amide bonds. The Labute approximate surface area is 197 Å². The number of anilines is 2. The summed E-state index contributed by atoms with van der Waals surface area (Å²) in [5.41, 5.74) is 1.90. The second-order valence-corrected chi connectivity index (χ2v) is 8.32. The Bertz CT molecular complexity index is 1340. The number of fused-ring (bicyclic) bond motifs is 1. The third-order valence-corrected chi connectivity index (χ3v) is 6.33. The van der Waals surface area contributed by atoms with E-state index in [1.54, 1.807) is 42.5 Å². The minimum atomic E-state index is -1.02. The first-order chi connectivity index (χ1) is 16.5. The van der Waals surface area contributed by atoms with Gasteiger partial charge in [0.1, 0.15) is 0 Å². The van der Waals surface area contributed by atoms with Gasteiger partial charge in [-0.25, -0.2) is 4.90 Å². The Morgan fingerprint density at radius 3 is 1.76 bits per heavy atom. The molecule has 0 saturated heterocycles. The fraction of sp³-hybridized carbons (Fsp3) is 0.0690. The topological polar surface area (TPSA) is 66.5 Å². The average Bonchev–Trinajstić information content (AvgIpc) is 3.15. The summed E-state index contributed by atoms with van der Waals surface area (Å²) in [5, 5.41) is 2.96. The van der Waals surface area contributed by atoms with E-state index in [2.05, 4.69) is 5.32 Å². The molecule has 0 fully saturated rings. The Morgan fingerprint density at radius 2 is 1.21 bits per heavy atom. The standard InChI is InChI=1S/C29H22N2O3/c1-29(20-12-5-2-6-13-20,21-14-7-3-8-15-21)28(34)30-24-19-11-18-23-25(24)27(33)31(26(23)32)22-16-9-4-10-17-22/h2-19H,1H3,(H,30,34). The maximum absolute atomic E-state index is 13.9. The predicted molar refractivity (Wildman–Crippen MR) is 132 cm³/mol. The van der Waals surface area contributed by atoms with Gasteiger partial charge in [-0.2, -0.15) is 0 Å². The van der Waals surface area contributed by atoms with Crippen molar-refractivity contribution in [1.29, 1.82) is 0 Å². The van der Waals surface area contributed by atoms with Gasteiger partial charge in [-0.05, 0) is 42.3 Å². The highest BCUT2D eigenvalue weighted by molar-refractivity contribution is 6.36. The maximum atomic E-state index is 13.9. The molecule has 0 bridgehead atoms. The fourth-order valence-corrected chi connectivity index (χ4v) is 4.42. The minimum Gasteiger partial charge on any atom is -0.324 e. The molecule has 4 aromatic carbocycles. The number of imide groups is 1. The number of benzene rings is 4. The zero-order chi connectivity index (χ0) is 23.7. The molecule has 5 heteroatoms. The summed E-state index contributed by atoms with van der Waals surface area (Å²) in [7, 11) is 0. The first kappa shape index (κ1) is 21.3. The highest BCUT2D eigenvalue weighted by atomic mass is 16.2. The molecule has 1 heterocycles. The van der Waals surface area contributed by atoms with Crippen LogP contribution in [0.15, 0.2) is 109 Å². The van der Waals surface area contributed by atoms with Gasteiger partial charge in [0.2, 0.25) is 5.91 Å². The van der Waals surface area contributed by atoms with Crippen LogP contribution >= 0.6 is 0 Å². The maximum Gasteiger partial charge on any atom is 0.268 e. The lowest BCUT2D eigenvalue weighted by Gasteiger charge is -2.30. The fourth-order valence-electron chi connectivity index (χ4n) is 4.42. The van der Waals surface area contributed by atoms with Gasteiger partial charge in [0.05, 0.1) is 27.9 Å². The van der Waals surface area contributed by atoms with E-state index < -0.39 is 17.2 Å². The van der Waals surface area contributed by atoms with Crippen LogP contribution in [0.3, 0.4) is 0 Å².